The van der Waals surface area contributed by atoms with E-state index in [-0.39, 0.29) is 11.5 Å². The summed E-state index contributed by atoms with van der Waals surface area (Å²) in [5.41, 5.74) is 1.05. The number of hydrogen-bond acceptors (Lipinski definition) is 2. The van der Waals surface area contributed by atoms with E-state index in [4.69, 9.17) is 0 Å². The van der Waals surface area contributed by atoms with Crippen LogP contribution in [0.2, 0.25) is 0 Å². The number of rotatable bonds is 0. The lowest BCUT2D eigenvalue weighted by Crippen LogP contribution is -2.22. The molecule has 1 unspecified atom stereocenters. The molecule has 0 bridgehead atoms. The monoisotopic (exact) mass is 166 g/mol. The SMILES string of the molecule is O=C1CCC2CCCCC2=C1O. The minimum atomic E-state index is -0.0387. The van der Waals surface area contributed by atoms with Gasteiger partial charge < -0.3 is 5.11 Å². The summed E-state index contributed by atoms with van der Waals surface area (Å²) >= 11 is 0. The molecule has 0 saturated heterocycles. The number of ketones is 1. The summed E-state index contributed by atoms with van der Waals surface area (Å²) in [6.45, 7) is 0. The highest BCUT2D eigenvalue weighted by Crippen LogP contribution is 2.37. The van der Waals surface area contributed by atoms with Gasteiger partial charge in [-0.05, 0) is 37.2 Å². The zero-order valence-electron chi connectivity index (χ0n) is 7.18. The van der Waals surface area contributed by atoms with Crippen molar-refractivity contribution in [2.24, 2.45) is 5.92 Å². The number of hydrogen-bond donors (Lipinski definition) is 1. The third-order valence-electron chi connectivity index (χ3n) is 3.03. The third kappa shape index (κ3) is 1.15. The molecule has 1 fully saturated rings. The predicted octanol–water partition coefficient (Wildman–Crippen LogP) is 2.35. The van der Waals surface area contributed by atoms with Crippen molar-refractivity contribution in [1.29, 1.82) is 0 Å². The second-order valence-corrected chi connectivity index (χ2v) is 3.78. The van der Waals surface area contributed by atoms with Crippen LogP contribution in [0.4, 0.5) is 0 Å². The second kappa shape index (κ2) is 2.92. The number of fused-ring (bicyclic) bond motifs is 1. The molecule has 2 aliphatic carbocycles. The van der Waals surface area contributed by atoms with Crippen molar-refractivity contribution in [3.8, 4) is 0 Å². The summed E-state index contributed by atoms with van der Waals surface area (Å²) in [6.07, 6.45) is 6.05. The molecule has 12 heavy (non-hydrogen) atoms. The van der Waals surface area contributed by atoms with E-state index in [1.165, 1.54) is 12.8 Å². The van der Waals surface area contributed by atoms with Crippen molar-refractivity contribution in [1.82, 2.24) is 0 Å². The van der Waals surface area contributed by atoms with Gasteiger partial charge in [-0.25, -0.2) is 0 Å². The molecule has 1 saturated carbocycles. The Balaban J connectivity index is 2.29. The first kappa shape index (κ1) is 7.84. The van der Waals surface area contributed by atoms with Gasteiger partial charge in [0.05, 0.1) is 0 Å². The summed E-state index contributed by atoms with van der Waals surface area (Å²) < 4.78 is 0. The molecule has 2 heteroatoms. The number of Topliss-reactive ketones (excluding diaryl/α,β-unsaturated/α-hetero) is 1. The summed E-state index contributed by atoms with van der Waals surface area (Å²) in [5, 5.41) is 9.50. The van der Waals surface area contributed by atoms with Crippen LogP contribution in [0.3, 0.4) is 0 Å². The molecule has 1 N–H and O–H groups in total. The molecule has 0 aromatic rings. The van der Waals surface area contributed by atoms with Crippen LogP contribution in [0.1, 0.15) is 38.5 Å². The fraction of sp³-hybridized carbons (Fsp3) is 0.700. The molecule has 0 aromatic carbocycles. The standard InChI is InChI=1S/C10H14O2/c11-9-6-5-7-3-1-2-4-8(7)10(9)12/h7,12H,1-6H2. The largest absolute Gasteiger partial charge is 0.504 e. The van der Waals surface area contributed by atoms with E-state index in [1.807, 2.05) is 0 Å². The highest BCUT2D eigenvalue weighted by molar-refractivity contribution is 5.94. The van der Waals surface area contributed by atoms with Crippen molar-refractivity contribution in [2.75, 3.05) is 0 Å². The lowest BCUT2D eigenvalue weighted by atomic mass is 9.76. The molecule has 0 aliphatic heterocycles. The number of aliphatic hydroxyl groups is 1. The number of carbonyl (C=O) groups is 1. The molecule has 0 amide bonds. The van der Waals surface area contributed by atoms with E-state index in [0.717, 1.165) is 24.8 Å². The summed E-state index contributed by atoms with van der Waals surface area (Å²) in [4.78, 5) is 11.1. The number of aliphatic hydroxyl groups excluding tert-OH is 1. The third-order valence-corrected chi connectivity index (χ3v) is 3.03. The van der Waals surface area contributed by atoms with E-state index < -0.39 is 0 Å². The first-order valence-corrected chi connectivity index (χ1v) is 4.74. The molecule has 2 nitrogen and oxygen atoms in total. The summed E-state index contributed by atoms with van der Waals surface area (Å²) in [5.74, 6) is 0.588. The fourth-order valence-electron chi connectivity index (χ4n) is 2.32. The molecular weight excluding hydrogens is 152 g/mol. The quantitative estimate of drug-likeness (QED) is 0.599. The molecule has 0 aromatic heterocycles. The Kier molecular flexibility index (Phi) is 1.91. The molecule has 0 heterocycles. The van der Waals surface area contributed by atoms with Gasteiger partial charge in [0.15, 0.2) is 11.5 Å². The average Bonchev–Trinajstić information content (AvgIpc) is 2.12. The van der Waals surface area contributed by atoms with Crippen LogP contribution in [-0.4, -0.2) is 10.9 Å². The van der Waals surface area contributed by atoms with E-state index in [2.05, 4.69) is 0 Å². The molecule has 2 rings (SSSR count). The smallest absolute Gasteiger partial charge is 0.197 e. The lowest BCUT2D eigenvalue weighted by Gasteiger charge is -2.29. The van der Waals surface area contributed by atoms with Crippen molar-refractivity contribution in [2.45, 2.75) is 38.5 Å². The predicted molar refractivity (Wildman–Crippen MR) is 45.9 cm³/mol. The maximum Gasteiger partial charge on any atom is 0.197 e. The van der Waals surface area contributed by atoms with Gasteiger partial charge in [0, 0.05) is 6.42 Å². The van der Waals surface area contributed by atoms with E-state index in [0.29, 0.717) is 12.3 Å². The molecule has 0 spiro atoms. The first-order valence-electron chi connectivity index (χ1n) is 4.74. The van der Waals surface area contributed by atoms with Gasteiger partial charge in [-0.1, -0.05) is 6.42 Å². The topological polar surface area (TPSA) is 37.3 Å². The van der Waals surface area contributed by atoms with Gasteiger partial charge in [-0.15, -0.1) is 0 Å². The van der Waals surface area contributed by atoms with Gasteiger partial charge in [-0.2, -0.15) is 0 Å². The molecule has 1 atom stereocenters. The normalized spacial score (nSPS) is 30.3. The number of carbonyl (C=O) groups excluding carboxylic acids is 1. The Labute approximate surface area is 72.3 Å². The number of allylic oxidation sites excluding steroid dienone is 2. The average molecular weight is 166 g/mol. The highest BCUT2D eigenvalue weighted by Gasteiger charge is 2.29. The maximum atomic E-state index is 11.1. The van der Waals surface area contributed by atoms with Crippen molar-refractivity contribution >= 4 is 5.78 Å². The van der Waals surface area contributed by atoms with Gasteiger partial charge in [0.25, 0.3) is 0 Å². The van der Waals surface area contributed by atoms with Gasteiger partial charge in [-0.3, -0.25) is 4.79 Å². The van der Waals surface area contributed by atoms with Gasteiger partial charge in [0.2, 0.25) is 0 Å². The van der Waals surface area contributed by atoms with Crippen molar-refractivity contribution < 1.29 is 9.90 Å². The Hall–Kier alpha value is -0.790. The van der Waals surface area contributed by atoms with Crippen molar-refractivity contribution in [3.05, 3.63) is 11.3 Å². The Morgan fingerprint density at radius 1 is 1.17 bits per heavy atom. The minimum absolute atomic E-state index is 0.0387. The van der Waals surface area contributed by atoms with E-state index in [1.54, 1.807) is 0 Å². The van der Waals surface area contributed by atoms with Crippen LogP contribution in [0, 0.1) is 5.92 Å². The minimum Gasteiger partial charge on any atom is -0.504 e. The van der Waals surface area contributed by atoms with E-state index in [9.17, 15) is 9.90 Å². The van der Waals surface area contributed by atoms with Crippen LogP contribution in [0.25, 0.3) is 0 Å². The zero-order valence-corrected chi connectivity index (χ0v) is 7.18. The maximum absolute atomic E-state index is 11.1. The zero-order chi connectivity index (χ0) is 8.55. The van der Waals surface area contributed by atoms with Gasteiger partial charge >= 0.3 is 0 Å². The molecule has 2 aliphatic rings. The molecule has 66 valence electrons. The summed E-state index contributed by atoms with van der Waals surface area (Å²) in [6, 6.07) is 0. The molecular formula is C10H14O2. The van der Waals surface area contributed by atoms with E-state index >= 15 is 0 Å². The van der Waals surface area contributed by atoms with Crippen LogP contribution in [0.5, 0.6) is 0 Å². The Morgan fingerprint density at radius 3 is 2.83 bits per heavy atom. The lowest BCUT2D eigenvalue weighted by molar-refractivity contribution is -0.119. The van der Waals surface area contributed by atoms with Crippen LogP contribution in [0.15, 0.2) is 11.3 Å². The van der Waals surface area contributed by atoms with Crippen LogP contribution >= 0.6 is 0 Å². The fourth-order valence-corrected chi connectivity index (χ4v) is 2.32. The van der Waals surface area contributed by atoms with Gasteiger partial charge in [0.1, 0.15) is 0 Å². The summed E-state index contributed by atoms with van der Waals surface area (Å²) in [7, 11) is 0. The Bertz CT molecular complexity index is 240. The second-order valence-electron chi connectivity index (χ2n) is 3.78. The highest BCUT2D eigenvalue weighted by atomic mass is 16.3. The first-order chi connectivity index (χ1) is 5.79. The molecule has 0 radical (unpaired) electrons. The van der Waals surface area contributed by atoms with Crippen molar-refractivity contribution in [3.63, 3.8) is 0 Å². The Morgan fingerprint density at radius 2 is 2.00 bits per heavy atom. The van der Waals surface area contributed by atoms with Crippen LogP contribution in [-0.2, 0) is 4.79 Å². The van der Waals surface area contributed by atoms with Crippen LogP contribution < -0.4 is 0 Å².